The standard InChI is InChI=1S/4K.2H2O5S2/c;;;;2*1-6(2)7(3,4)5/h;;;;2*(H,1,2)(H,3,4,5)/q4*+1;;/p-4. The van der Waals surface area contributed by atoms with E-state index in [9.17, 15) is 0 Å². The SMILES string of the molecule is O=S([O-])S(=O)(=O)[O-].O=S([O-])S(=O)(=O)[O-].[K+].[K+].[K+].[K+]. The van der Waals surface area contributed by atoms with Crippen molar-refractivity contribution in [3.05, 3.63) is 0 Å². The van der Waals surface area contributed by atoms with Gasteiger partial charge in [0.15, 0.2) is 18.3 Å². The first kappa shape index (κ1) is 39.6. The van der Waals surface area contributed by atoms with Crippen LogP contribution < -0.4 is 206 Å². The molecule has 0 rings (SSSR count). The molecule has 2 atom stereocenters. The summed E-state index contributed by atoms with van der Waals surface area (Å²) in [6.07, 6.45) is 0. The topological polar surface area (TPSA) is 195 Å². The Bertz CT molecular complexity index is 377. The van der Waals surface area contributed by atoms with Gasteiger partial charge in [0.05, 0.1) is 20.2 Å². The Hall–Kier alpha value is 6.59. The molecule has 0 amide bonds. The molecule has 0 aliphatic rings. The van der Waals surface area contributed by atoms with E-state index >= 15 is 0 Å². The zero-order chi connectivity index (χ0) is 12.2. The Morgan fingerprint density at radius 1 is 0.611 bits per heavy atom. The van der Waals surface area contributed by atoms with Crippen LogP contribution in [0.2, 0.25) is 0 Å². The van der Waals surface area contributed by atoms with Gasteiger partial charge >= 0.3 is 206 Å². The first-order valence-corrected chi connectivity index (χ1v) is 8.00. The van der Waals surface area contributed by atoms with Crippen LogP contribution in [0.3, 0.4) is 0 Å². The average Bonchev–Trinajstić information content (AvgIpc) is 1.83. The summed E-state index contributed by atoms with van der Waals surface area (Å²) in [5, 5.41) is 0. The van der Waals surface area contributed by atoms with Gasteiger partial charge in [0.25, 0.3) is 0 Å². The summed E-state index contributed by atoms with van der Waals surface area (Å²) in [5.74, 6) is 0. The zero-order valence-corrected chi connectivity index (χ0v) is 25.5. The molecule has 0 bridgehead atoms. The normalized spacial score (nSPS) is 12.7. The molecule has 0 spiro atoms. The molecular formula is K4O10S4. The first-order valence-electron chi connectivity index (χ1n) is 2.00. The maximum absolute atomic E-state index is 9.16. The van der Waals surface area contributed by atoms with Gasteiger partial charge in [-0.05, 0) is 0 Å². The number of hydrogen-bond donors (Lipinski definition) is 0. The minimum absolute atomic E-state index is 0. The molecule has 0 N–H and O–H groups in total. The third-order valence-electron chi connectivity index (χ3n) is 0.333. The average molecular weight is 445 g/mol. The summed E-state index contributed by atoms with van der Waals surface area (Å²) in [5.41, 5.74) is 0. The van der Waals surface area contributed by atoms with Gasteiger partial charge < -0.3 is 18.2 Å². The number of rotatable bonds is 2. The van der Waals surface area contributed by atoms with Gasteiger partial charge in [0.1, 0.15) is 0 Å². The van der Waals surface area contributed by atoms with E-state index in [-0.39, 0.29) is 206 Å². The Kier molecular flexibility index (Phi) is 43.8. The van der Waals surface area contributed by atoms with Crippen molar-refractivity contribution in [3.8, 4) is 0 Å². The summed E-state index contributed by atoms with van der Waals surface area (Å²) < 4.78 is 91.5. The van der Waals surface area contributed by atoms with Gasteiger partial charge in [0, 0.05) is 0 Å². The van der Waals surface area contributed by atoms with E-state index in [1.165, 1.54) is 0 Å². The van der Waals surface area contributed by atoms with Gasteiger partial charge in [-0.1, -0.05) is 0 Å². The van der Waals surface area contributed by atoms with Gasteiger partial charge in [-0.2, -0.15) is 0 Å². The molecule has 0 radical (unpaired) electrons. The monoisotopic (exact) mass is 444 g/mol. The van der Waals surface area contributed by atoms with Crippen LogP contribution in [0.4, 0.5) is 0 Å². The minimum Gasteiger partial charge on any atom is -0.761 e. The molecule has 0 aromatic carbocycles. The summed E-state index contributed by atoms with van der Waals surface area (Å²) in [6, 6.07) is 0. The van der Waals surface area contributed by atoms with Gasteiger partial charge in [-0.3, -0.25) is 8.42 Å². The predicted octanol–water partition coefficient (Wildman–Crippen LogP) is -15.3. The molecular weight excluding hydrogens is 445 g/mol. The predicted molar refractivity (Wildman–Crippen MR) is 37.2 cm³/mol. The van der Waals surface area contributed by atoms with Gasteiger partial charge in [-0.15, -0.1) is 0 Å². The van der Waals surface area contributed by atoms with Crippen molar-refractivity contribution >= 4 is 38.5 Å². The van der Waals surface area contributed by atoms with Crippen LogP contribution >= 0.6 is 0 Å². The third-order valence-corrected chi connectivity index (χ3v) is 3.00. The summed E-state index contributed by atoms with van der Waals surface area (Å²) in [4.78, 5) is 0. The zero-order valence-electron chi connectivity index (χ0n) is 9.72. The van der Waals surface area contributed by atoms with Crippen LogP contribution in [0, 0.1) is 0 Å². The molecule has 2 unspecified atom stereocenters. The van der Waals surface area contributed by atoms with E-state index in [4.69, 9.17) is 43.5 Å². The molecule has 0 aromatic heterocycles. The molecule has 0 aliphatic heterocycles. The van der Waals surface area contributed by atoms with Crippen molar-refractivity contribution in [2.75, 3.05) is 0 Å². The number of hydrogen-bond acceptors (Lipinski definition) is 10. The van der Waals surface area contributed by atoms with Crippen molar-refractivity contribution in [2.24, 2.45) is 0 Å². The second-order valence-electron chi connectivity index (χ2n) is 1.22. The smallest absolute Gasteiger partial charge is 0.761 e. The van der Waals surface area contributed by atoms with Crippen molar-refractivity contribution in [1.29, 1.82) is 0 Å². The minimum atomic E-state index is -5.07. The maximum atomic E-state index is 9.16. The van der Waals surface area contributed by atoms with E-state index in [0.717, 1.165) is 0 Å². The van der Waals surface area contributed by atoms with Crippen LogP contribution in [0.15, 0.2) is 0 Å². The van der Waals surface area contributed by atoms with E-state index < -0.39 is 38.5 Å². The van der Waals surface area contributed by atoms with Crippen LogP contribution in [-0.2, 0) is 38.5 Å². The molecule has 0 heterocycles. The Morgan fingerprint density at radius 3 is 0.667 bits per heavy atom. The van der Waals surface area contributed by atoms with Crippen molar-refractivity contribution in [2.45, 2.75) is 0 Å². The van der Waals surface area contributed by atoms with Gasteiger partial charge in [0.2, 0.25) is 0 Å². The fourth-order valence-corrected chi connectivity index (χ4v) is 0. The summed E-state index contributed by atoms with van der Waals surface area (Å²) in [6.45, 7) is 0. The Balaban J connectivity index is -0.0000000327. The van der Waals surface area contributed by atoms with Crippen LogP contribution in [-0.4, -0.2) is 43.5 Å². The molecule has 18 heteroatoms. The summed E-state index contributed by atoms with van der Waals surface area (Å²) in [7, 11) is -17.2. The van der Waals surface area contributed by atoms with E-state index in [1.54, 1.807) is 0 Å². The second-order valence-corrected chi connectivity index (χ2v) is 7.76. The third kappa shape index (κ3) is 30.5. The van der Waals surface area contributed by atoms with E-state index in [2.05, 4.69) is 0 Å². The molecule has 0 saturated heterocycles. The Morgan fingerprint density at radius 2 is 0.667 bits per heavy atom. The van der Waals surface area contributed by atoms with Crippen LogP contribution in [0.5, 0.6) is 0 Å². The van der Waals surface area contributed by atoms with E-state index in [0.29, 0.717) is 0 Å². The molecule has 0 aliphatic carbocycles. The second kappa shape index (κ2) is 19.9. The van der Waals surface area contributed by atoms with Crippen molar-refractivity contribution in [1.82, 2.24) is 0 Å². The van der Waals surface area contributed by atoms with Crippen LogP contribution in [0.1, 0.15) is 0 Å². The fraction of sp³-hybridized carbons (Fsp3) is 0. The quantitative estimate of drug-likeness (QED) is 0.171. The molecule has 10 nitrogen and oxygen atoms in total. The first-order chi connectivity index (χ1) is 5.89. The Labute approximate surface area is 278 Å². The van der Waals surface area contributed by atoms with Crippen molar-refractivity contribution < 1.29 is 249 Å². The molecule has 0 aromatic rings. The van der Waals surface area contributed by atoms with Crippen molar-refractivity contribution in [3.63, 3.8) is 0 Å². The fourth-order valence-electron chi connectivity index (χ4n) is 0. The molecule has 88 valence electrons. The maximum Gasteiger partial charge on any atom is 1.00 e. The summed E-state index contributed by atoms with van der Waals surface area (Å²) >= 11 is 0. The molecule has 18 heavy (non-hydrogen) atoms. The molecule has 0 saturated carbocycles. The van der Waals surface area contributed by atoms with E-state index in [1.807, 2.05) is 0 Å². The van der Waals surface area contributed by atoms with Crippen LogP contribution in [0.25, 0.3) is 0 Å². The van der Waals surface area contributed by atoms with Gasteiger partial charge in [-0.25, -0.2) is 16.8 Å². The molecule has 0 fully saturated rings. The largest absolute Gasteiger partial charge is 1.00 e.